The van der Waals surface area contributed by atoms with Gasteiger partial charge in [-0.1, -0.05) is 54.6 Å². The number of nitrogens with zero attached hydrogens (tertiary/aromatic N) is 1. The van der Waals surface area contributed by atoms with E-state index in [2.05, 4.69) is 26.4 Å². The summed E-state index contributed by atoms with van der Waals surface area (Å²) in [6.45, 7) is 0.672. The van der Waals surface area contributed by atoms with E-state index in [1.54, 1.807) is 6.08 Å². The van der Waals surface area contributed by atoms with Gasteiger partial charge in [-0.05, 0) is 46.0 Å². The van der Waals surface area contributed by atoms with Crippen molar-refractivity contribution >= 4 is 27.9 Å². The Morgan fingerprint density at radius 1 is 1.19 bits per heavy atom. The minimum absolute atomic E-state index is 0.313. The van der Waals surface area contributed by atoms with E-state index in [0.717, 1.165) is 52.1 Å². The number of halogens is 1. The van der Waals surface area contributed by atoms with E-state index in [1.165, 1.54) is 6.08 Å². The van der Waals surface area contributed by atoms with E-state index in [-0.39, 0.29) is 12.2 Å². The normalized spacial score (nSPS) is 16.5. The third-order valence-corrected chi connectivity index (χ3v) is 5.54. The molecule has 31 heavy (non-hydrogen) atoms. The molecule has 2 N–H and O–H groups in total. The Morgan fingerprint density at radius 2 is 2.00 bits per heavy atom. The Balaban J connectivity index is 1.31. The summed E-state index contributed by atoms with van der Waals surface area (Å²) in [6.07, 6.45) is 6.42. The number of rotatable bonds is 7. The number of nitrogens with one attached hydrogen (secondary N) is 2. The Labute approximate surface area is 189 Å². The van der Waals surface area contributed by atoms with Gasteiger partial charge in [0.1, 0.15) is 16.1 Å². The number of imidazole rings is 1. The summed E-state index contributed by atoms with van der Waals surface area (Å²) in [5, 5.41) is 0. The van der Waals surface area contributed by atoms with Gasteiger partial charge < -0.3 is 9.72 Å². The standard InChI is InChI=1S/C24H24BrN3O3/c25-24-23(19-6-2-1-3-7-19)26-20(27-24)16-18-11-9-17(10-12-18)13-14-21(29)28-31-22-8-4-5-15-30-22/h1-3,6-7,9-14,22H,4-5,8,15-16H2,(H,26,27)(H,28,29). The first-order chi connectivity index (χ1) is 15.2. The number of ether oxygens (including phenoxy) is 1. The number of H-pyrrole nitrogens is 1. The van der Waals surface area contributed by atoms with Gasteiger partial charge in [-0.25, -0.2) is 15.3 Å². The third kappa shape index (κ3) is 6.13. The van der Waals surface area contributed by atoms with E-state index in [1.807, 2.05) is 54.6 Å². The average molecular weight is 482 g/mol. The smallest absolute Gasteiger partial charge is 0.267 e. The Bertz CT molecular complexity index is 1030. The molecule has 1 atom stereocenters. The number of amides is 1. The van der Waals surface area contributed by atoms with E-state index >= 15 is 0 Å². The van der Waals surface area contributed by atoms with Gasteiger partial charge >= 0.3 is 0 Å². The van der Waals surface area contributed by atoms with Crippen molar-refractivity contribution in [3.63, 3.8) is 0 Å². The van der Waals surface area contributed by atoms with Crippen LogP contribution in [0.5, 0.6) is 0 Å². The Kier molecular flexibility index (Phi) is 7.30. The van der Waals surface area contributed by atoms with Crippen molar-refractivity contribution in [3.05, 3.63) is 82.2 Å². The molecule has 2 aromatic carbocycles. The lowest BCUT2D eigenvalue weighted by Crippen LogP contribution is -2.32. The first-order valence-corrected chi connectivity index (χ1v) is 11.1. The third-order valence-electron chi connectivity index (χ3n) is 4.96. The molecule has 1 aromatic heterocycles. The van der Waals surface area contributed by atoms with Gasteiger partial charge in [-0.2, -0.15) is 0 Å². The zero-order valence-electron chi connectivity index (χ0n) is 17.0. The highest BCUT2D eigenvalue weighted by Crippen LogP contribution is 2.26. The van der Waals surface area contributed by atoms with E-state index in [9.17, 15) is 4.79 Å². The van der Waals surface area contributed by atoms with Crippen LogP contribution in [0.3, 0.4) is 0 Å². The predicted octanol–water partition coefficient (Wildman–Crippen LogP) is 5.02. The fourth-order valence-electron chi connectivity index (χ4n) is 3.34. The van der Waals surface area contributed by atoms with Crippen molar-refractivity contribution in [1.29, 1.82) is 0 Å². The van der Waals surface area contributed by atoms with Gasteiger partial charge in [0.2, 0.25) is 0 Å². The van der Waals surface area contributed by atoms with Crippen LogP contribution in [0.15, 0.2) is 65.3 Å². The molecule has 4 rings (SSSR count). The fraction of sp³-hybridized carbons (Fsp3) is 0.250. The summed E-state index contributed by atoms with van der Waals surface area (Å²) < 4.78 is 6.29. The van der Waals surface area contributed by atoms with Crippen molar-refractivity contribution in [3.8, 4) is 11.3 Å². The van der Waals surface area contributed by atoms with E-state index in [4.69, 9.17) is 14.6 Å². The molecule has 160 valence electrons. The molecule has 1 fully saturated rings. The summed E-state index contributed by atoms with van der Waals surface area (Å²) in [6, 6.07) is 18.1. The second-order valence-corrected chi connectivity index (χ2v) is 8.14. The minimum atomic E-state index is -0.352. The van der Waals surface area contributed by atoms with E-state index in [0.29, 0.717) is 13.0 Å². The lowest BCUT2D eigenvalue weighted by Gasteiger charge is -2.21. The first kappa shape index (κ1) is 21.5. The number of benzene rings is 2. The topological polar surface area (TPSA) is 76.2 Å². The summed E-state index contributed by atoms with van der Waals surface area (Å²) >= 11 is 3.57. The highest BCUT2D eigenvalue weighted by atomic mass is 79.9. The first-order valence-electron chi connectivity index (χ1n) is 10.3. The molecule has 1 unspecified atom stereocenters. The minimum Gasteiger partial charge on any atom is -0.350 e. The number of carbonyl (C=O) groups excluding carboxylic acids is 1. The quantitative estimate of drug-likeness (QED) is 0.367. The van der Waals surface area contributed by atoms with Gasteiger partial charge in [-0.15, -0.1) is 0 Å². The molecule has 0 bridgehead atoms. The maximum atomic E-state index is 11.9. The number of carbonyl (C=O) groups is 1. The lowest BCUT2D eigenvalue weighted by atomic mass is 10.1. The van der Waals surface area contributed by atoms with Crippen molar-refractivity contribution in [2.45, 2.75) is 32.0 Å². The molecule has 1 amide bonds. The fourth-order valence-corrected chi connectivity index (χ4v) is 3.89. The average Bonchev–Trinajstić information content (AvgIpc) is 3.18. The van der Waals surface area contributed by atoms with Crippen LogP contribution in [0.2, 0.25) is 0 Å². The largest absolute Gasteiger partial charge is 0.350 e. The van der Waals surface area contributed by atoms with Gasteiger partial charge in [0.25, 0.3) is 5.91 Å². The van der Waals surface area contributed by atoms with Crippen LogP contribution in [-0.2, 0) is 20.8 Å². The second kappa shape index (κ2) is 10.5. The van der Waals surface area contributed by atoms with Crippen molar-refractivity contribution in [2.24, 2.45) is 0 Å². The lowest BCUT2D eigenvalue weighted by molar-refractivity contribution is -0.198. The van der Waals surface area contributed by atoms with Crippen LogP contribution in [0.4, 0.5) is 0 Å². The molecule has 3 aromatic rings. The molecular weight excluding hydrogens is 458 g/mol. The van der Waals surface area contributed by atoms with Crippen LogP contribution in [0, 0.1) is 0 Å². The molecule has 0 radical (unpaired) electrons. The number of hydrogen-bond acceptors (Lipinski definition) is 4. The van der Waals surface area contributed by atoms with Crippen LogP contribution in [0.1, 0.15) is 36.2 Å². The second-order valence-electron chi connectivity index (χ2n) is 7.34. The summed E-state index contributed by atoms with van der Waals surface area (Å²) in [4.78, 5) is 25.2. The number of aromatic nitrogens is 2. The van der Waals surface area contributed by atoms with Crippen LogP contribution in [-0.4, -0.2) is 28.8 Å². The summed E-state index contributed by atoms with van der Waals surface area (Å²) in [5.41, 5.74) is 6.44. The van der Waals surface area contributed by atoms with Gasteiger partial charge in [-0.3, -0.25) is 4.79 Å². The number of hydroxylamine groups is 1. The Hall–Kier alpha value is -2.74. The maximum Gasteiger partial charge on any atom is 0.267 e. The number of hydrogen-bond donors (Lipinski definition) is 2. The number of aromatic amines is 1. The molecular formula is C24H24BrN3O3. The SMILES string of the molecule is O=C(C=Cc1ccc(Cc2nc(-c3ccccc3)c(Br)[nH]2)cc1)NOC1CCCCO1. The van der Waals surface area contributed by atoms with Crippen molar-refractivity contribution in [1.82, 2.24) is 15.4 Å². The highest BCUT2D eigenvalue weighted by molar-refractivity contribution is 9.10. The Morgan fingerprint density at radius 3 is 2.74 bits per heavy atom. The van der Waals surface area contributed by atoms with Crippen molar-refractivity contribution in [2.75, 3.05) is 6.61 Å². The molecule has 1 aliphatic rings. The maximum absolute atomic E-state index is 11.9. The van der Waals surface area contributed by atoms with Gasteiger partial charge in [0, 0.05) is 31.1 Å². The van der Waals surface area contributed by atoms with Crippen molar-refractivity contribution < 1.29 is 14.4 Å². The molecule has 0 aliphatic carbocycles. The molecule has 6 nitrogen and oxygen atoms in total. The summed E-state index contributed by atoms with van der Waals surface area (Å²) in [7, 11) is 0. The van der Waals surface area contributed by atoms with Gasteiger partial charge in [0.15, 0.2) is 6.29 Å². The molecule has 7 heteroatoms. The zero-order valence-corrected chi connectivity index (χ0v) is 18.6. The molecule has 0 saturated carbocycles. The van der Waals surface area contributed by atoms with Crippen LogP contribution in [0.25, 0.3) is 17.3 Å². The molecule has 2 heterocycles. The van der Waals surface area contributed by atoms with Crippen LogP contribution < -0.4 is 5.48 Å². The van der Waals surface area contributed by atoms with E-state index < -0.39 is 0 Å². The monoisotopic (exact) mass is 481 g/mol. The highest BCUT2D eigenvalue weighted by Gasteiger charge is 2.15. The zero-order chi connectivity index (χ0) is 21.5. The van der Waals surface area contributed by atoms with Crippen LogP contribution >= 0.6 is 15.9 Å². The van der Waals surface area contributed by atoms with Gasteiger partial charge in [0.05, 0.1) is 0 Å². The molecule has 0 spiro atoms. The summed E-state index contributed by atoms with van der Waals surface area (Å²) in [5.74, 6) is 0.572. The molecule has 1 aliphatic heterocycles. The molecule has 1 saturated heterocycles. The predicted molar refractivity (Wildman–Crippen MR) is 123 cm³/mol.